The van der Waals surface area contributed by atoms with Crippen LogP contribution < -0.4 is 5.32 Å². The number of nitrogens with one attached hydrogen (secondary N) is 2. The third-order valence-corrected chi connectivity index (χ3v) is 3.38. The van der Waals surface area contributed by atoms with Gasteiger partial charge in [-0.05, 0) is 24.8 Å². The Bertz CT molecular complexity index is 682. The van der Waals surface area contributed by atoms with Gasteiger partial charge in [0.2, 0.25) is 5.95 Å². The lowest BCUT2D eigenvalue weighted by Gasteiger charge is -2.07. The number of H-pyrrole nitrogens is 1. The number of hydrogen-bond donors (Lipinski definition) is 2. The molecule has 0 aliphatic heterocycles. The highest BCUT2D eigenvalue weighted by Crippen LogP contribution is 2.29. The molecule has 7 heteroatoms. The minimum atomic E-state index is 0.628. The van der Waals surface area contributed by atoms with E-state index in [1.165, 1.54) is 18.1 Å². The third kappa shape index (κ3) is 2.50. The average Bonchev–Trinajstić information content (AvgIpc) is 2.92. The standard InChI is InChI=1S/C12H12N6S/c1-2-13-11-16-9-6-4-3-5-8(9)10(17-11)19-12-14-7-15-18-12/h3-7H,2H2,1H3,(H,13,16,17)(H,14,15,18). The Morgan fingerprint density at radius 1 is 1.26 bits per heavy atom. The quantitative estimate of drug-likeness (QED) is 0.710. The minimum absolute atomic E-state index is 0.628. The molecule has 0 aliphatic carbocycles. The molecule has 1 aromatic carbocycles. The number of benzene rings is 1. The molecule has 2 aromatic heterocycles. The Labute approximate surface area is 114 Å². The van der Waals surface area contributed by atoms with Crippen LogP contribution in [0.3, 0.4) is 0 Å². The number of fused-ring (bicyclic) bond motifs is 1. The van der Waals surface area contributed by atoms with Gasteiger partial charge in [-0.25, -0.2) is 15.0 Å². The zero-order valence-corrected chi connectivity index (χ0v) is 11.1. The van der Waals surface area contributed by atoms with Gasteiger partial charge in [-0.15, -0.1) is 0 Å². The van der Waals surface area contributed by atoms with Crippen LogP contribution in [0.2, 0.25) is 0 Å². The van der Waals surface area contributed by atoms with E-state index in [0.717, 1.165) is 22.5 Å². The van der Waals surface area contributed by atoms with Crippen LogP contribution in [-0.2, 0) is 0 Å². The molecule has 2 N–H and O–H groups in total. The molecule has 0 saturated heterocycles. The van der Waals surface area contributed by atoms with Crippen molar-refractivity contribution in [2.45, 2.75) is 17.1 Å². The fourth-order valence-corrected chi connectivity index (χ4v) is 2.49. The second kappa shape index (κ2) is 5.23. The predicted molar refractivity (Wildman–Crippen MR) is 74.2 cm³/mol. The van der Waals surface area contributed by atoms with Crippen LogP contribution in [0, 0.1) is 0 Å². The van der Waals surface area contributed by atoms with Crippen molar-refractivity contribution in [2.75, 3.05) is 11.9 Å². The Kier molecular flexibility index (Phi) is 3.28. The molecule has 0 saturated carbocycles. The number of para-hydroxylation sites is 1. The van der Waals surface area contributed by atoms with E-state index < -0.39 is 0 Å². The molecule has 0 unspecified atom stereocenters. The van der Waals surface area contributed by atoms with Gasteiger partial charge in [0, 0.05) is 11.9 Å². The molecule has 0 bridgehead atoms. The summed E-state index contributed by atoms with van der Waals surface area (Å²) in [5.41, 5.74) is 0.912. The number of anilines is 1. The van der Waals surface area contributed by atoms with E-state index in [1.807, 2.05) is 31.2 Å². The van der Waals surface area contributed by atoms with Crippen LogP contribution in [-0.4, -0.2) is 31.7 Å². The first-order chi connectivity index (χ1) is 9.36. The average molecular weight is 272 g/mol. The molecule has 3 rings (SSSR count). The Hall–Kier alpha value is -2.15. The van der Waals surface area contributed by atoms with Crippen LogP contribution in [0.4, 0.5) is 5.95 Å². The Morgan fingerprint density at radius 3 is 2.95 bits per heavy atom. The van der Waals surface area contributed by atoms with E-state index in [-0.39, 0.29) is 0 Å². The first kappa shape index (κ1) is 11.9. The molecule has 3 aromatic rings. The first-order valence-corrected chi connectivity index (χ1v) is 6.72. The summed E-state index contributed by atoms with van der Waals surface area (Å²) in [5.74, 6) is 0.628. The zero-order chi connectivity index (χ0) is 13.1. The van der Waals surface area contributed by atoms with Crippen molar-refractivity contribution in [1.82, 2.24) is 25.1 Å². The maximum absolute atomic E-state index is 4.52. The van der Waals surface area contributed by atoms with Gasteiger partial charge < -0.3 is 5.32 Å². The SMILES string of the molecule is CCNc1nc(Sc2ncn[nH]2)c2ccccc2n1. The van der Waals surface area contributed by atoms with Crippen molar-refractivity contribution < 1.29 is 0 Å². The minimum Gasteiger partial charge on any atom is -0.354 e. The summed E-state index contributed by atoms with van der Waals surface area (Å²) in [6.07, 6.45) is 1.48. The smallest absolute Gasteiger partial charge is 0.224 e. The summed E-state index contributed by atoms with van der Waals surface area (Å²) in [7, 11) is 0. The van der Waals surface area contributed by atoms with Gasteiger partial charge in [0.25, 0.3) is 0 Å². The third-order valence-electron chi connectivity index (χ3n) is 2.49. The molecule has 2 heterocycles. The highest BCUT2D eigenvalue weighted by Gasteiger charge is 2.10. The number of hydrogen-bond acceptors (Lipinski definition) is 6. The number of aromatic nitrogens is 5. The van der Waals surface area contributed by atoms with E-state index in [2.05, 4.69) is 30.5 Å². The van der Waals surface area contributed by atoms with Gasteiger partial charge in [-0.2, -0.15) is 5.10 Å². The monoisotopic (exact) mass is 272 g/mol. The van der Waals surface area contributed by atoms with E-state index in [0.29, 0.717) is 11.1 Å². The van der Waals surface area contributed by atoms with Crippen molar-refractivity contribution in [1.29, 1.82) is 0 Å². The Balaban J connectivity index is 2.09. The van der Waals surface area contributed by atoms with Gasteiger partial charge >= 0.3 is 0 Å². The Morgan fingerprint density at radius 2 is 2.16 bits per heavy atom. The molecule has 0 radical (unpaired) electrons. The number of nitrogens with zero attached hydrogens (tertiary/aromatic N) is 4. The molecule has 19 heavy (non-hydrogen) atoms. The molecule has 0 fully saturated rings. The molecular formula is C12H12N6S. The molecule has 0 atom stereocenters. The zero-order valence-electron chi connectivity index (χ0n) is 10.3. The van der Waals surface area contributed by atoms with Gasteiger partial charge in [0.05, 0.1) is 5.52 Å². The van der Waals surface area contributed by atoms with Crippen molar-refractivity contribution in [3.05, 3.63) is 30.6 Å². The van der Waals surface area contributed by atoms with Crippen LogP contribution in [0.25, 0.3) is 10.9 Å². The maximum atomic E-state index is 4.52. The molecule has 0 aliphatic rings. The summed E-state index contributed by atoms with van der Waals surface area (Å²) >= 11 is 1.44. The fraction of sp³-hybridized carbons (Fsp3) is 0.167. The highest BCUT2D eigenvalue weighted by molar-refractivity contribution is 7.99. The molecule has 96 valence electrons. The second-order valence-electron chi connectivity index (χ2n) is 3.79. The number of rotatable bonds is 4. The van der Waals surface area contributed by atoms with Crippen molar-refractivity contribution >= 4 is 28.6 Å². The van der Waals surface area contributed by atoms with Crippen molar-refractivity contribution in [2.24, 2.45) is 0 Å². The first-order valence-electron chi connectivity index (χ1n) is 5.90. The summed E-state index contributed by atoms with van der Waals surface area (Å²) in [5, 5.41) is 12.4. The summed E-state index contributed by atoms with van der Waals surface area (Å²) in [6, 6.07) is 7.92. The van der Waals surface area contributed by atoms with Crippen LogP contribution in [0.15, 0.2) is 40.8 Å². The topological polar surface area (TPSA) is 79.4 Å². The van der Waals surface area contributed by atoms with Gasteiger partial charge in [-0.1, -0.05) is 18.2 Å². The van der Waals surface area contributed by atoms with E-state index in [1.54, 1.807) is 0 Å². The maximum Gasteiger partial charge on any atom is 0.224 e. The van der Waals surface area contributed by atoms with Crippen LogP contribution in [0.1, 0.15) is 6.92 Å². The van der Waals surface area contributed by atoms with Gasteiger partial charge in [-0.3, -0.25) is 5.10 Å². The highest BCUT2D eigenvalue weighted by atomic mass is 32.2. The molecule has 6 nitrogen and oxygen atoms in total. The van der Waals surface area contributed by atoms with E-state index in [4.69, 9.17) is 0 Å². The van der Waals surface area contributed by atoms with Crippen molar-refractivity contribution in [3.8, 4) is 0 Å². The van der Waals surface area contributed by atoms with Gasteiger partial charge in [0.15, 0.2) is 5.16 Å². The van der Waals surface area contributed by atoms with Crippen LogP contribution >= 0.6 is 11.8 Å². The fourth-order valence-electron chi connectivity index (χ4n) is 1.70. The number of aromatic amines is 1. The predicted octanol–water partition coefficient (Wildman–Crippen LogP) is 2.33. The molecule has 0 amide bonds. The summed E-state index contributed by atoms with van der Waals surface area (Å²) < 4.78 is 0. The van der Waals surface area contributed by atoms with Gasteiger partial charge in [0.1, 0.15) is 11.4 Å². The van der Waals surface area contributed by atoms with Crippen molar-refractivity contribution in [3.63, 3.8) is 0 Å². The lowest BCUT2D eigenvalue weighted by molar-refractivity contribution is 0.966. The lowest BCUT2D eigenvalue weighted by atomic mass is 10.2. The normalized spacial score (nSPS) is 10.8. The molecular weight excluding hydrogens is 260 g/mol. The summed E-state index contributed by atoms with van der Waals surface area (Å²) in [4.78, 5) is 13.1. The summed E-state index contributed by atoms with van der Waals surface area (Å²) in [6.45, 7) is 2.80. The van der Waals surface area contributed by atoms with E-state index in [9.17, 15) is 0 Å². The lowest BCUT2D eigenvalue weighted by Crippen LogP contribution is -2.03. The van der Waals surface area contributed by atoms with Crippen LogP contribution in [0.5, 0.6) is 0 Å². The molecule has 0 spiro atoms. The second-order valence-corrected chi connectivity index (χ2v) is 4.77. The van der Waals surface area contributed by atoms with E-state index >= 15 is 0 Å². The largest absolute Gasteiger partial charge is 0.354 e.